The van der Waals surface area contributed by atoms with E-state index < -0.39 is 0 Å². The molecule has 2 heteroatoms. The fourth-order valence-electron chi connectivity index (χ4n) is 2.02. The largest absolute Gasteiger partial charge is 0.0616 e. The maximum atomic E-state index is 3.57. The van der Waals surface area contributed by atoms with Crippen LogP contribution in [0.5, 0.6) is 0 Å². The molecule has 0 N–H and O–H groups in total. The Bertz CT molecular complexity index is 689. The van der Waals surface area contributed by atoms with Gasteiger partial charge in [-0.1, -0.05) is 42.5 Å². The number of rotatable bonds is 0. The molecule has 0 amide bonds. The molecule has 3 rings (SSSR count). The van der Waals surface area contributed by atoms with Gasteiger partial charge in [-0.25, -0.2) is 0 Å². The van der Waals surface area contributed by atoms with Crippen molar-refractivity contribution in [2.45, 2.75) is 0 Å². The van der Waals surface area contributed by atoms with E-state index in [1.54, 1.807) is 0 Å². The van der Waals surface area contributed by atoms with Crippen LogP contribution in [0.4, 0.5) is 0 Å². The molecular formula is C14H8BrI. The van der Waals surface area contributed by atoms with Crippen molar-refractivity contribution < 1.29 is 0 Å². The second-order valence-corrected chi connectivity index (χ2v) is 5.68. The number of halogens is 2. The van der Waals surface area contributed by atoms with Crippen molar-refractivity contribution in [2.75, 3.05) is 0 Å². The van der Waals surface area contributed by atoms with E-state index in [0.717, 1.165) is 4.47 Å². The fourth-order valence-corrected chi connectivity index (χ4v) is 3.02. The summed E-state index contributed by atoms with van der Waals surface area (Å²) in [6, 6.07) is 17.2. The summed E-state index contributed by atoms with van der Waals surface area (Å²) in [6.45, 7) is 0. The van der Waals surface area contributed by atoms with E-state index in [2.05, 4.69) is 87.1 Å². The van der Waals surface area contributed by atoms with Crippen LogP contribution in [-0.2, 0) is 0 Å². The summed E-state index contributed by atoms with van der Waals surface area (Å²) in [6.07, 6.45) is 0. The maximum Gasteiger partial charge on any atom is 0.0351 e. The van der Waals surface area contributed by atoms with Crippen LogP contribution >= 0.6 is 38.5 Å². The molecule has 16 heavy (non-hydrogen) atoms. The molecule has 0 saturated heterocycles. The second kappa shape index (κ2) is 4.00. The lowest BCUT2D eigenvalue weighted by Gasteiger charge is -2.06. The Morgan fingerprint density at radius 3 is 2.38 bits per heavy atom. The van der Waals surface area contributed by atoms with Gasteiger partial charge in [0.25, 0.3) is 0 Å². The number of fused-ring (bicyclic) bond motifs is 3. The summed E-state index contributed by atoms with van der Waals surface area (Å²) in [4.78, 5) is 0. The average molecular weight is 383 g/mol. The van der Waals surface area contributed by atoms with Crippen molar-refractivity contribution in [2.24, 2.45) is 0 Å². The highest BCUT2D eigenvalue weighted by Gasteiger charge is 2.05. The predicted octanol–water partition coefficient (Wildman–Crippen LogP) is 5.36. The van der Waals surface area contributed by atoms with Gasteiger partial charge in [0, 0.05) is 8.04 Å². The normalized spacial score (nSPS) is 11.1. The van der Waals surface area contributed by atoms with Gasteiger partial charge in [0.1, 0.15) is 0 Å². The van der Waals surface area contributed by atoms with Gasteiger partial charge in [0.15, 0.2) is 0 Å². The van der Waals surface area contributed by atoms with Gasteiger partial charge < -0.3 is 0 Å². The molecule has 0 aliphatic carbocycles. The van der Waals surface area contributed by atoms with Gasteiger partial charge in [-0.2, -0.15) is 0 Å². The lowest BCUT2D eigenvalue weighted by molar-refractivity contribution is 1.67. The van der Waals surface area contributed by atoms with E-state index in [-0.39, 0.29) is 0 Å². The quantitative estimate of drug-likeness (QED) is 0.362. The minimum Gasteiger partial charge on any atom is -0.0616 e. The fraction of sp³-hybridized carbons (Fsp3) is 0. The van der Waals surface area contributed by atoms with Crippen LogP contribution in [0.1, 0.15) is 0 Å². The molecule has 0 heterocycles. The lowest BCUT2D eigenvalue weighted by Crippen LogP contribution is -1.82. The van der Waals surface area contributed by atoms with E-state index in [4.69, 9.17) is 0 Å². The van der Waals surface area contributed by atoms with E-state index in [1.807, 2.05) is 0 Å². The van der Waals surface area contributed by atoms with Crippen LogP contribution in [0.2, 0.25) is 0 Å². The molecule has 3 aromatic rings. The average Bonchev–Trinajstić information content (AvgIpc) is 2.33. The van der Waals surface area contributed by atoms with Crippen LogP contribution in [0.3, 0.4) is 0 Å². The minimum atomic E-state index is 1.16. The van der Waals surface area contributed by atoms with Crippen LogP contribution in [0.15, 0.2) is 53.0 Å². The first-order chi connectivity index (χ1) is 7.77. The molecule has 0 nitrogen and oxygen atoms in total. The lowest BCUT2D eigenvalue weighted by atomic mass is 10.0. The van der Waals surface area contributed by atoms with E-state index >= 15 is 0 Å². The Kier molecular flexibility index (Phi) is 2.64. The van der Waals surface area contributed by atoms with Crippen molar-refractivity contribution in [3.05, 3.63) is 56.6 Å². The smallest absolute Gasteiger partial charge is 0.0351 e. The van der Waals surface area contributed by atoms with Crippen molar-refractivity contribution in [1.29, 1.82) is 0 Å². The summed E-state index contributed by atoms with van der Waals surface area (Å²) in [5, 5.41) is 5.26. The standard InChI is InChI=1S/C14H8BrI/c15-13-8-7-11-10-4-2-1-3-9(10)5-6-12(11)14(13)16/h1-8H. The van der Waals surface area contributed by atoms with Crippen LogP contribution < -0.4 is 0 Å². The third kappa shape index (κ3) is 1.55. The first-order valence-corrected chi connectivity index (χ1v) is 6.90. The predicted molar refractivity (Wildman–Crippen MR) is 81.9 cm³/mol. The first kappa shape index (κ1) is 10.5. The Morgan fingerprint density at radius 1 is 0.750 bits per heavy atom. The van der Waals surface area contributed by atoms with Gasteiger partial charge in [0.2, 0.25) is 0 Å². The van der Waals surface area contributed by atoms with Crippen molar-refractivity contribution in [3.8, 4) is 0 Å². The molecule has 0 fully saturated rings. The maximum absolute atomic E-state index is 3.57. The monoisotopic (exact) mass is 382 g/mol. The van der Waals surface area contributed by atoms with Crippen molar-refractivity contribution in [3.63, 3.8) is 0 Å². The number of hydrogen-bond acceptors (Lipinski definition) is 0. The van der Waals surface area contributed by atoms with Crippen LogP contribution in [0.25, 0.3) is 21.5 Å². The summed E-state index contributed by atoms with van der Waals surface area (Å²) in [5.74, 6) is 0. The van der Waals surface area contributed by atoms with E-state index in [9.17, 15) is 0 Å². The van der Waals surface area contributed by atoms with E-state index in [0.29, 0.717) is 0 Å². The zero-order valence-electron chi connectivity index (χ0n) is 8.37. The topological polar surface area (TPSA) is 0 Å². The summed E-state index contributed by atoms with van der Waals surface area (Å²) >= 11 is 5.96. The summed E-state index contributed by atoms with van der Waals surface area (Å²) in [5.41, 5.74) is 0. The molecular weight excluding hydrogens is 375 g/mol. The Hall–Kier alpha value is -0.610. The van der Waals surface area contributed by atoms with Crippen molar-refractivity contribution in [1.82, 2.24) is 0 Å². The summed E-state index contributed by atoms with van der Waals surface area (Å²) in [7, 11) is 0. The molecule has 0 atom stereocenters. The van der Waals surface area contributed by atoms with E-state index in [1.165, 1.54) is 25.1 Å². The Balaban J connectivity index is 2.58. The van der Waals surface area contributed by atoms with Gasteiger partial charge >= 0.3 is 0 Å². The second-order valence-electron chi connectivity index (χ2n) is 3.74. The molecule has 0 spiro atoms. The zero-order chi connectivity index (χ0) is 11.1. The van der Waals surface area contributed by atoms with Crippen LogP contribution in [-0.4, -0.2) is 0 Å². The van der Waals surface area contributed by atoms with Gasteiger partial charge in [-0.05, 0) is 66.1 Å². The minimum absolute atomic E-state index is 1.16. The van der Waals surface area contributed by atoms with Crippen LogP contribution in [0, 0.1) is 3.57 Å². The molecule has 78 valence electrons. The SMILES string of the molecule is Brc1ccc2c(ccc3ccccc32)c1I. The molecule has 0 radical (unpaired) electrons. The highest BCUT2D eigenvalue weighted by Crippen LogP contribution is 2.32. The molecule has 3 aromatic carbocycles. The third-order valence-electron chi connectivity index (χ3n) is 2.81. The molecule has 0 bridgehead atoms. The third-order valence-corrected chi connectivity index (χ3v) is 5.38. The molecule has 0 aliphatic heterocycles. The summed E-state index contributed by atoms with van der Waals surface area (Å²) < 4.78 is 2.44. The number of hydrogen-bond donors (Lipinski definition) is 0. The van der Waals surface area contributed by atoms with Gasteiger partial charge in [-0.15, -0.1) is 0 Å². The molecule has 0 aliphatic rings. The number of benzene rings is 3. The van der Waals surface area contributed by atoms with Crippen molar-refractivity contribution >= 4 is 60.1 Å². The highest BCUT2D eigenvalue weighted by molar-refractivity contribution is 14.1. The highest BCUT2D eigenvalue weighted by atomic mass is 127. The Morgan fingerprint density at radius 2 is 1.50 bits per heavy atom. The molecule has 0 unspecified atom stereocenters. The van der Waals surface area contributed by atoms with Gasteiger partial charge in [0.05, 0.1) is 0 Å². The zero-order valence-corrected chi connectivity index (χ0v) is 12.1. The molecule has 0 saturated carbocycles. The molecule has 0 aromatic heterocycles. The first-order valence-electron chi connectivity index (χ1n) is 5.03. The Labute approximate surface area is 116 Å². The van der Waals surface area contributed by atoms with Gasteiger partial charge in [-0.3, -0.25) is 0 Å².